The molecule has 2 N–H and O–H groups in total. The van der Waals surface area contributed by atoms with Crippen LogP contribution in [0.3, 0.4) is 0 Å². The van der Waals surface area contributed by atoms with E-state index in [9.17, 15) is 4.79 Å². The molecule has 0 saturated carbocycles. The standard InChI is InChI=1S/C13H17ClN2O2/c1-9-3-2-4-10(12(9)14)7-15-11-5-6-16(8-11)13(17)18/h2-4,11,15H,5-8H2,1H3,(H,17,18)/t11-/m0/s1. The van der Waals surface area contributed by atoms with Crippen molar-refractivity contribution < 1.29 is 9.90 Å². The Bertz CT molecular complexity index is 451. The minimum Gasteiger partial charge on any atom is -0.465 e. The molecule has 0 spiro atoms. The molecule has 0 radical (unpaired) electrons. The van der Waals surface area contributed by atoms with Gasteiger partial charge in [-0.2, -0.15) is 0 Å². The molecule has 1 saturated heterocycles. The Labute approximate surface area is 112 Å². The molecule has 0 bridgehead atoms. The van der Waals surface area contributed by atoms with Gasteiger partial charge in [-0.15, -0.1) is 0 Å². The number of hydrogen-bond acceptors (Lipinski definition) is 2. The molecule has 0 aromatic heterocycles. The van der Waals surface area contributed by atoms with Crippen molar-refractivity contribution in [1.29, 1.82) is 0 Å². The fourth-order valence-corrected chi connectivity index (χ4v) is 2.39. The molecule has 1 aromatic carbocycles. The van der Waals surface area contributed by atoms with Gasteiger partial charge in [-0.25, -0.2) is 4.79 Å². The average Bonchev–Trinajstić information content (AvgIpc) is 2.80. The second kappa shape index (κ2) is 5.59. The van der Waals surface area contributed by atoms with Gasteiger partial charge in [-0.3, -0.25) is 0 Å². The topological polar surface area (TPSA) is 52.6 Å². The monoisotopic (exact) mass is 268 g/mol. The summed E-state index contributed by atoms with van der Waals surface area (Å²) in [5, 5.41) is 13.0. The Morgan fingerprint density at radius 3 is 3.06 bits per heavy atom. The van der Waals surface area contributed by atoms with Crippen LogP contribution < -0.4 is 5.32 Å². The Balaban J connectivity index is 1.89. The van der Waals surface area contributed by atoms with E-state index in [0.29, 0.717) is 19.6 Å². The maximum Gasteiger partial charge on any atom is 0.407 e. The fourth-order valence-electron chi connectivity index (χ4n) is 2.20. The van der Waals surface area contributed by atoms with Crippen molar-refractivity contribution in [3.63, 3.8) is 0 Å². The second-order valence-corrected chi connectivity index (χ2v) is 5.02. The highest BCUT2D eigenvalue weighted by atomic mass is 35.5. The normalized spacial score (nSPS) is 19.2. The molecule has 1 fully saturated rings. The van der Waals surface area contributed by atoms with Crippen molar-refractivity contribution in [2.24, 2.45) is 0 Å². The number of halogens is 1. The summed E-state index contributed by atoms with van der Waals surface area (Å²) in [4.78, 5) is 12.2. The van der Waals surface area contributed by atoms with Crippen LogP contribution in [0.5, 0.6) is 0 Å². The predicted molar refractivity (Wildman–Crippen MR) is 71.0 cm³/mol. The van der Waals surface area contributed by atoms with Gasteiger partial charge >= 0.3 is 6.09 Å². The quantitative estimate of drug-likeness (QED) is 0.886. The lowest BCUT2D eigenvalue weighted by molar-refractivity contribution is 0.154. The molecule has 0 unspecified atom stereocenters. The number of aryl methyl sites for hydroxylation is 1. The Morgan fingerprint density at radius 2 is 2.39 bits per heavy atom. The average molecular weight is 269 g/mol. The first-order chi connectivity index (χ1) is 8.58. The summed E-state index contributed by atoms with van der Waals surface area (Å²) in [6.07, 6.45) is 0.0170. The van der Waals surface area contributed by atoms with Gasteiger partial charge in [0.1, 0.15) is 0 Å². The number of carboxylic acid groups (broad SMARTS) is 1. The van der Waals surface area contributed by atoms with Crippen LogP contribution >= 0.6 is 11.6 Å². The number of nitrogens with zero attached hydrogens (tertiary/aromatic N) is 1. The van der Waals surface area contributed by atoms with E-state index in [1.54, 1.807) is 0 Å². The molecular formula is C13H17ClN2O2. The summed E-state index contributed by atoms with van der Waals surface area (Å²) in [7, 11) is 0. The third-order valence-electron chi connectivity index (χ3n) is 3.31. The molecule has 1 aromatic rings. The van der Waals surface area contributed by atoms with E-state index in [-0.39, 0.29) is 6.04 Å². The zero-order valence-electron chi connectivity index (χ0n) is 10.3. The van der Waals surface area contributed by atoms with E-state index in [2.05, 4.69) is 5.32 Å². The maximum absolute atomic E-state index is 10.8. The first-order valence-corrected chi connectivity index (χ1v) is 6.41. The molecule has 5 heteroatoms. The highest BCUT2D eigenvalue weighted by Gasteiger charge is 2.25. The van der Waals surface area contributed by atoms with Crippen molar-refractivity contribution in [2.75, 3.05) is 13.1 Å². The summed E-state index contributed by atoms with van der Waals surface area (Å²) in [6.45, 7) is 3.82. The van der Waals surface area contributed by atoms with E-state index in [0.717, 1.165) is 22.6 Å². The van der Waals surface area contributed by atoms with Crippen molar-refractivity contribution in [2.45, 2.75) is 25.9 Å². The van der Waals surface area contributed by atoms with Crippen LogP contribution in [-0.2, 0) is 6.54 Å². The first kappa shape index (κ1) is 13.2. The van der Waals surface area contributed by atoms with Crippen molar-refractivity contribution >= 4 is 17.7 Å². The van der Waals surface area contributed by atoms with Gasteiger partial charge in [0.25, 0.3) is 0 Å². The SMILES string of the molecule is Cc1cccc(CN[C@H]2CCN(C(=O)O)C2)c1Cl. The van der Waals surface area contributed by atoms with Crippen molar-refractivity contribution in [3.8, 4) is 0 Å². The summed E-state index contributed by atoms with van der Waals surface area (Å²) in [5.74, 6) is 0. The summed E-state index contributed by atoms with van der Waals surface area (Å²) < 4.78 is 0. The van der Waals surface area contributed by atoms with Crippen LogP contribution in [0.25, 0.3) is 0 Å². The van der Waals surface area contributed by atoms with Crippen LogP contribution in [0.2, 0.25) is 5.02 Å². The van der Waals surface area contributed by atoms with Gasteiger partial charge in [0, 0.05) is 30.7 Å². The molecule has 18 heavy (non-hydrogen) atoms. The molecule has 4 nitrogen and oxygen atoms in total. The summed E-state index contributed by atoms with van der Waals surface area (Å²) >= 11 is 6.21. The minimum absolute atomic E-state index is 0.220. The molecule has 1 atom stereocenters. The smallest absolute Gasteiger partial charge is 0.407 e. The summed E-state index contributed by atoms with van der Waals surface area (Å²) in [6, 6.07) is 6.17. The zero-order valence-corrected chi connectivity index (χ0v) is 11.1. The van der Waals surface area contributed by atoms with Gasteiger partial charge in [-0.1, -0.05) is 29.8 Å². The molecule has 1 amide bonds. The van der Waals surface area contributed by atoms with Crippen molar-refractivity contribution in [3.05, 3.63) is 34.3 Å². The van der Waals surface area contributed by atoms with Crippen LogP contribution in [0, 0.1) is 6.92 Å². The molecule has 2 rings (SSSR count). The number of nitrogens with one attached hydrogen (secondary N) is 1. The lowest BCUT2D eigenvalue weighted by Crippen LogP contribution is -2.34. The van der Waals surface area contributed by atoms with Crippen LogP contribution in [0.15, 0.2) is 18.2 Å². The zero-order chi connectivity index (χ0) is 13.1. The van der Waals surface area contributed by atoms with Gasteiger partial charge in [0.05, 0.1) is 0 Å². The molecule has 98 valence electrons. The Kier molecular flexibility index (Phi) is 4.09. The minimum atomic E-state index is -0.840. The number of rotatable bonds is 3. The lowest BCUT2D eigenvalue weighted by atomic mass is 10.1. The number of hydrogen-bond donors (Lipinski definition) is 2. The first-order valence-electron chi connectivity index (χ1n) is 6.03. The lowest BCUT2D eigenvalue weighted by Gasteiger charge is -2.15. The van der Waals surface area contributed by atoms with E-state index >= 15 is 0 Å². The van der Waals surface area contributed by atoms with E-state index in [4.69, 9.17) is 16.7 Å². The highest BCUT2D eigenvalue weighted by Crippen LogP contribution is 2.20. The van der Waals surface area contributed by atoms with Crippen LogP contribution in [-0.4, -0.2) is 35.2 Å². The predicted octanol–water partition coefficient (Wildman–Crippen LogP) is 2.49. The van der Waals surface area contributed by atoms with Gasteiger partial charge < -0.3 is 15.3 Å². The Morgan fingerprint density at radius 1 is 1.61 bits per heavy atom. The molecule has 0 aliphatic carbocycles. The largest absolute Gasteiger partial charge is 0.465 e. The van der Waals surface area contributed by atoms with Crippen molar-refractivity contribution in [1.82, 2.24) is 10.2 Å². The number of amides is 1. The van der Waals surface area contributed by atoms with E-state index in [1.165, 1.54) is 4.90 Å². The molecule has 1 aliphatic heterocycles. The number of benzene rings is 1. The molecular weight excluding hydrogens is 252 g/mol. The molecule has 1 aliphatic rings. The van der Waals surface area contributed by atoms with Gasteiger partial charge in [-0.05, 0) is 24.5 Å². The van der Waals surface area contributed by atoms with Gasteiger partial charge in [0.15, 0.2) is 0 Å². The third kappa shape index (κ3) is 2.94. The van der Waals surface area contributed by atoms with Crippen LogP contribution in [0.1, 0.15) is 17.5 Å². The van der Waals surface area contributed by atoms with E-state index in [1.807, 2.05) is 25.1 Å². The maximum atomic E-state index is 10.8. The summed E-state index contributed by atoms with van der Waals surface area (Å²) in [5.41, 5.74) is 2.12. The van der Waals surface area contributed by atoms with Crippen LogP contribution in [0.4, 0.5) is 4.79 Å². The fraction of sp³-hybridized carbons (Fsp3) is 0.462. The second-order valence-electron chi connectivity index (χ2n) is 4.64. The van der Waals surface area contributed by atoms with Gasteiger partial charge in [0.2, 0.25) is 0 Å². The highest BCUT2D eigenvalue weighted by molar-refractivity contribution is 6.32. The number of carbonyl (C=O) groups is 1. The third-order valence-corrected chi connectivity index (χ3v) is 3.85. The van der Waals surface area contributed by atoms with E-state index < -0.39 is 6.09 Å². The number of likely N-dealkylation sites (tertiary alicyclic amines) is 1. The Hall–Kier alpha value is -1.26. The molecule has 1 heterocycles.